The SMILES string of the molecule is CN1CCN(C(=O)c2cn(Cc3cncn3CC3CCN(C(=O)COc4ccccc4)CC3)cc2-c2cccc3ccccc23)CC1. The topological polar surface area (TPSA) is 75.8 Å². The number of amides is 2. The van der Waals surface area contributed by atoms with E-state index in [0.717, 1.165) is 91.8 Å². The number of fused-ring (bicyclic) bond motifs is 1. The maximum absolute atomic E-state index is 14.0. The van der Waals surface area contributed by atoms with Crippen LogP contribution in [0.2, 0.25) is 0 Å². The van der Waals surface area contributed by atoms with Gasteiger partial charge in [0.15, 0.2) is 6.61 Å². The number of piperazine rings is 1. The fourth-order valence-corrected chi connectivity index (χ4v) is 6.85. The average Bonchev–Trinajstić information content (AvgIpc) is 3.74. The van der Waals surface area contributed by atoms with Gasteiger partial charge in [-0.05, 0) is 54.3 Å². The largest absolute Gasteiger partial charge is 0.484 e. The highest BCUT2D eigenvalue weighted by molar-refractivity contribution is 6.06. The molecule has 2 saturated heterocycles. The molecule has 4 heterocycles. The minimum atomic E-state index is 0.0344. The van der Waals surface area contributed by atoms with Gasteiger partial charge in [0.05, 0.1) is 24.1 Å². The minimum Gasteiger partial charge on any atom is -0.484 e. The highest BCUT2D eigenvalue weighted by Gasteiger charge is 2.26. The molecule has 5 aromatic rings. The summed E-state index contributed by atoms with van der Waals surface area (Å²) in [6, 6.07) is 24.2. The van der Waals surface area contributed by atoms with E-state index >= 15 is 0 Å². The van der Waals surface area contributed by atoms with Gasteiger partial charge in [-0.2, -0.15) is 0 Å². The van der Waals surface area contributed by atoms with Gasteiger partial charge in [-0.25, -0.2) is 4.98 Å². The van der Waals surface area contributed by atoms with Crippen LogP contribution in [0.5, 0.6) is 5.75 Å². The molecule has 242 valence electrons. The van der Waals surface area contributed by atoms with Crippen LogP contribution in [0.25, 0.3) is 21.9 Å². The molecule has 2 amide bonds. The van der Waals surface area contributed by atoms with E-state index in [1.54, 1.807) is 0 Å². The van der Waals surface area contributed by atoms with Gasteiger partial charge < -0.3 is 28.6 Å². The van der Waals surface area contributed by atoms with E-state index in [1.807, 2.05) is 58.9 Å². The smallest absolute Gasteiger partial charge is 0.260 e. The number of benzene rings is 3. The molecule has 7 rings (SSSR count). The van der Waals surface area contributed by atoms with Crippen molar-refractivity contribution in [2.75, 3.05) is 52.9 Å². The van der Waals surface area contributed by atoms with Crippen molar-refractivity contribution in [3.8, 4) is 16.9 Å². The first-order valence-corrected chi connectivity index (χ1v) is 16.6. The Labute approximate surface area is 276 Å². The van der Waals surface area contributed by atoms with Crippen LogP contribution in [0.3, 0.4) is 0 Å². The van der Waals surface area contributed by atoms with Crippen molar-refractivity contribution in [1.82, 2.24) is 28.8 Å². The van der Waals surface area contributed by atoms with Crippen molar-refractivity contribution in [1.29, 1.82) is 0 Å². The lowest BCUT2D eigenvalue weighted by Gasteiger charge is -2.32. The van der Waals surface area contributed by atoms with Crippen molar-refractivity contribution < 1.29 is 14.3 Å². The fraction of sp³-hybridized carbons (Fsp3) is 0.342. The van der Waals surface area contributed by atoms with Gasteiger partial charge in [-0.3, -0.25) is 9.59 Å². The Kier molecular flexibility index (Phi) is 9.06. The van der Waals surface area contributed by atoms with Crippen molar-refractivity contribution in [3.05, 3.63) is 109 Å². The predicted molar refractivity (Wildman–Crippen MR) is 183 cm³/mol. The molecule has 0 aliphatic carbocycles. The predicted octanol–water partition coefficient (Wildman–Crippen LogP) is 5.26. The molecule has 0 atom stereocenters. The van der Waals surface area contributed by atoms with Gasteiger partial charge in [-0.1, -0.05) is 60.7 Å². The zero-order valence-electron chi connectivity index (χ0n) is 27.0. The number of carbonyl (C=O) groups is 2. The molecular formula is C38H42N6O3. The molecule has 47 heavy (non-hydrogen) atoms. The van der Waals surface area contributed by atoms with Gasteiger partial charge in [-0.15, -0.1) is 0 Å². The van der Waals surface area contributed by atoms with Crippen LogP contribution in [0.1, 0.15) is 28.9 Å². The van der Waals surface area contributed by atoms with Crippen molar-refractivity contribution in [2.24, 2.45) is 5.92 Å². The highest BCUT2D eigenvalue weighted by atomic mass is 16.5. The molecule has 3 aromatic carbocycles. The standard InChI is InChI=1S/C38H42N6O3/c1-40-18-20-43(21-19-40)38(46)36-26-41(25-35(36)34-13-7-9-30-8-5-6-12-33(30)34)24-31-22-39-28-44(31)23-29-14-16-42(17-15-29)37(45)27-47-32-10-3-2-4-11-32/h2-13,22,25-26,28-29H,14-21,23-24,27H2,1H3. The summed E-state index contributed by atoms with van der Waals surface area (Å²) in [5, 5.41) is 2.30. The number of piperidine rings is 1. The monoisotopic (exact) mass is 630 g/mol. The lowest BCUT2D eigenvalue weighted by atomic mass is 9.96. The number of nitrogens with zero attached hydrogens (tertiary/aromatic N) is 6. The Morgan fingerprint density at radius 2 is 1.55 bits per heavy atom. The zero-order valence-corrected chi connectivity index (χ0v) is 27.0. The average molecular weight is 631 g/mol. The second-order valence-corrected chi connectivity index (χ2v) is 12.8. The molecule has 0 radical (unpaired) electrons. The van der Waals surface area contributed by atoms with Gasteiger partial charge >= 0.3 is 0 Å². The fourth-order valence-electron chi connectivity index (χ4n) is 6.85. The number of hydrogen-bond donors (Lipinski definition) is 0. The Bertz CT molecular complexity index is 1830. The molecule has 2 fully saturated rings. The second kappa shape index (κ2) is 13.8. The van der Waals surface area contributed by atoms with Gasteiger partial charge in [0.1, 0.15) is 5.75 Å². The first-order valence-electron chi connectivity index (χ1n) is 16.6. The van der Waals surface area contributed by atoms with E-state index in [1.165, 1.54) is 0 Å². The normalized spacial score (nSPS) is 16.1. The summed E-state index contributed by atoms with van der Waals surface area (Å²) in [5.74, 6) is 1.29. The number of hydrogen-bond acceptors (Lipinski definition) is 5. The van der Waals surface area contributed by atoms with Crippen LogP contribution < -0.4 is 4.74 Å². The van der Waals surface area contributed by atoms with E-state index in [0.29, 0.717) is 18.2 Å². The maximum atomic E-state index is 14.0. The number of rotatable bonds is 9. The second-order valence-electron chi connectivity index (χ2n) is 12.8. The quantitative estimate of drug-likeness (QED) is 0.222. The first kappa shape index (κ1) is 30.7. The molecule has 0 unspecified atom stereocenters. The van der Waals surface area contributed by atoms with Crippen molar-refractivity contribution in [2.45, 2.75) is 25.9 Å². The molecule has 0 N–H and O–H groups in total. The van der Waals surface area contributed by atoms with Crippen LogP contribution in [-0.4, -0.2) is 93.6 Å². The molecule has 9 nitrogen and oxygen atoms in total. The number of likely N-dealkylation sites (N-methyl/N-ethyl adjacent to an activating group) is 1. The van der Waals surface area contributed by atoms with E-state index in [9.17, 15) is 9.59 Å². The van der Waals surface area contributed by atoms with Crippen molar-refractivity contribution in [3.63, 3.8) is 0 Å². The number of para-hydroxylation sites is 1. The summed E-state index contributed by atoms with van der Waals surface area (Å²) in [6.07, 6.45) is 9.87. The van der Waals surface area contributed by atoms with E-state index < -0.39 is 0 Å². The molecule has 2 aliphatic rings. The molecule has 9 heteroatoms. The zero-order chi connectivity index (χ0) is 32.2. The molecule has 0 bridgehead atoms. The summed E-state index contributed by atoms with van der Waals surface area (Å²) >= 11 is 0. The van der Waals surface area contributed by atoms with Gasteiger partial charge in [0.2, 0.25) is 0 Å². The molecule has 0 spiro atoms. The number of aromatic nitrogens is 3. The summed E-state index contributed by atoms with van der Waals surface area (Å²) in [4.78, 5) is 37.5. The summed E-state index contributed by atoms with van der Waals surface area (Å²) < 4.78 is 10.1. The lowest BCUT2D eigenvalue weighted by molar-refractivity contribution is -0.134. The Morgan fingerprint density at radius 1 is 0.809 bits per heavy atom. The third-order valence-corrected chi connectivity index (χ3v) is 9.65. The number of ether oxygens (including phenoxy) is 1. The highest BCUT2D eigenvalue weighted by Crippen LogP contribution is 2.33. The Balaban J connectivity index is 1.05. The van der Waals surface area contributed by atoms with Crippen LogP contribution in [-0.2, 0) is 17.9 Å². The Morgan fingerprint density at radius 3 is 2.36 bits per heavy atom. The number of carbonyl (C=O) groups excluding carboxylic acids is 2. The van der Waals surface area contributed by atoms with E-state index in [4.69, 9.17) is 4.74 Å². The third-order valence-electron chi connectivity index (χ3n) is 9.65. The van der Waals surface area contributed by atoms with Crippen LogP contribution in [0, 0.1) is 5.92 Å². The van der Waals surface area contributed by atoms with Crippen LogP contribution in [0.4, 0.5) is 0 Å². The number of imidazole rings is 1. The molecule has 2 aromatic heterocycles. The van der Waals surface area contributed by atoms with Crippen LogP contribution in [0.15, 0.2) is 97.7 Å². The summed E-state index contributed by atoms with van der Waals surface area (Å²) in [5.41, 5.74) is 3.87. The summed E-state index contributed by atoms with van der Waals surface area (Å²) in [7, 11) is 2.11. The molecular weight excluding hydrogens is 588 g/mol. The Hall–Kier alpha value is -4.89. The van der Waals surface area contributed by atoms with Gasteiger partial charge in [0, 0.05) is 70.0 Å². The molecule has 2 aliphatic heterocycles. The van der Waals surface area contributed by atoms with Crippen LogP contribution >= 0.6 is 0 Å². The maximum Gasteiger partial charge on any atom is 0.260 e. The van der Waals surface area contributed by atoms with E-state index in [-0.39, 0.29) is 18.4 Å². The van der Waals surface area contributed by atoms with E-state index in [2.05, 4.69) is 74.7 Å². The molecule has 0 saturated carbocycles. The minimum absolute atomic E-state index is 0.0344. The lowest BCUT2D eigenvalue weighted by Crippen LogP contribution is -2.47. The third kappa shape index (κ3) is 6.95. The van der Waals surface area contributed by atoms with Crippen molar-refractivity contribution >= 4 is 22.6 Å². The first-order chi connectivity index (χ1) is 23.0. The summed E-state index contributed by atoms with van der Waals surface area (Å²) in [6.45, 7) is 6.21. The number of likely N-dealkylation sites (tertiary alicyclic amines) is 1. The van der Waals surface area contributed by atoms with Gasteiger partial charge in [0.25, 0.3) is 11.8 Å².